The molecule has 16 nitrogen and oxygen atoms in total. The molecule has 0 amide bonds. The molecule has 0 rings (SSSR count). The van der Waals surface area contributed by atoms with Crippen LogP contribution in [0.3, 0.4) is 0 Å². The zero-order chi connectivity index (χ0) is 69.5. The standard InChI is InChI=1S/C77H132O16P2/c1-4-7-10-13-16-19-22-25-28-30-32-34-35-37-39-40-43-45-48-51-54-57-60-63-75(80)87-66-72(78)67-89-94(83,84)90-68-73(79)69-91-95(85,86)92-71-74(93-77(82)65-62-59-56-53-50-47-42-27-24-21-18-15-12-9-6-3)70-88-76(81)64-61-58-55-52-49-46-44-41-38-36-33-31-29-26-23-20-17-14-11-8-5-2/h7-8,10-11,16-17,19-20,25-26,28-29,32-34,36-37,39,41,44,72-74,78-79H,4-6,9,12-15,18,21-24,27,30-31,35,38,40,42-43,45-71H2,1-3H3,(H,83,84)(H,85,86)/b10-7-,11-8-,19-16-,20-17-,28-25-,29-26-,34-32-,36-33-,39-37-,44-41-. The van der Waals surface area contributed by atoms with Crippen LogP contribution in [0.4, 0.5) is 0 Å². The maximum Gasteiger partial charge on any atom is 0.472 e. The Kier molecular flexibility index (Phi) is 66.9. The first kappa shape index (κ1) is 91.0. The van der Waals surface area contributed by atoms with E-state index in [2.05, 4.69) is 142 Å². The Morgan fingerprint density at radius 3 is 0.884 bits per heavy atom. The lowest BCUT2D eigenvalue weighted by atomic mass is 10.0. The third kappa shape index (κ3) is 71.1. The summed E-state index contributed by atoms with van der Waals surface area (Å²) in [7, 11) is -9.79. The monoisotopic (exact) mass is 1370 g/mol. The highest BCUT2D eigenvalue weighted by Crippen LogP contribution is 2.45. The van der Waals surface area contributed by atoms with Gasteiger partial charge in [-0.05, 0) is 109 Å². The third-order valence-electron chi connectivity index (χ3n) is 15.2. The quantitative estimate of drug-likeness (QED) is 0.0146. The molecule has 0 aromatic carbocycles. The van der Waals surface area contributed by atoms with Gasteiger partial charge in [-0.25, -0.2) is 9.13 Å². The molecule has 0 saturated carbocycles. The fourth-order valence-corrected chi connectivity index (χ4v) is 11.2. The average molecular weight is 1380 g/mol. The molecule has 0 spiro atoms. The fraction of sp³-hybridized carbons (Fsp3) is 0.701. The average Bonchev–Trinajstić information content (AvgIpc) is 1.93. The smallest absolute Gasteiger partial charge is 0.463 e. The summed E-state index contributed by atoms with van der Waals surface area (Å²) in [5, 5.41) is 20.6. The molecule has 0 aliphatic heterocycles. The lowest BCUT2D eigenvalue weighted by Gasteiger charge is -2.21. The van der Waals surface area contributed by atoms with Gasteiger partial charge in [0, 0.05) is 19.3 Å². The number of aliphatic hydroxyl groups excluding tert-OH is 2. The van der Waals surface area contributed by atoms with Crippen molar-refractivity contribution in [2.75, 3.05) is 39.6 Å². The van der Waals surface area contributed by atoms with Gasteiger partial charge in [-0.3, -0.25) is 32.5 Å². The van der Waals surface area contributed by atoms with Crippen LogP contribution in [0.5, 0.6) is 0 Å². The van der Waals surface area contributed by atoms with Gasteiger partial charge in [0.15, 0.2) is 6.10 Å². The van der Waals surface area contributed by atoms with Crippen molar-refractivity contribution < 1.29 is 75.8 Å². The lowest BCUT2D eigenvalue weighted by molar-refractivity contribution is -0.161. The second-order valence-corrected chi connectivity index (χ2v) is 27.2. The number of rotatable bonds is 69. The van der Waals surface area contributed by atoms with Gasteiger partial charge in [-0.15, -0.1) is 0 Å². The first-order valence-electron chi connectivity index (χ1n) is 36.8. The summed E-state index contributed by atoms with van der Waals surface area (Å²) in [5.74, 6) is -1.60. The Morgan fingerprint density at radius 2 is 0.558 bits per heavy atom. The number of aliphatic hydroxyl groups is 2. The van der Waals surface area contributed by atoms with E-state index in [0.717, 1.165) is 167 Å². The Balaban J connectivity index is 4.66. The van der Waals surface area contributed by atoms with Crippen LogP contribution in [-0.4, -0.2) is 95.9 Å². The predicted molar refractivity (Wildman–Crippen MR) is 390 cm³/mol. The maximum absolute atomic E-state index is 13.0. The summed E-state index contributed by atoms with van der Waals surface area (Å²) in [6.07, 6.45) is 80.9. The fourth-order valence-electron chi connectivity index (χ4n) is 9.62. The van der Waals surface area contributed by atoms with E-state index in [-0.39, 0.29) is 19.3 Å². The van der Waals surface area contributed by atoms with Crippen molar-refractivity contribution in [2.24, 2.45) is 0 Å². The zero-order valence-corrected chi connectivity index (χ0v) is 61.1. The molecule has 0 fully saturated rings. The first-order valence-corrected chi connectivity index (χ1v) is 39.8. The van der Waals surface area contributed by atoms with Crippen molar-refractivity contribution in [3.63, 3.8) is 0 Å². The summed E-state index contributed by atoms with van der Waals surface area (Å²) >= 11 is 0. The van der Waals surface area contributed by atoms with Crippen molar-refractivity contribution in [1.29, 1.82) is 0 Å². The minimum Gasteiger partial charge on any atom is -0.463 e. The highest BCUT2D eigenvalue weighted by Gasteiger charge is 2.29. The number of esters is 3. The van der Waals surface area contributed by atoms with E-state index < -0.39 is 91.5 Å². The molecule has 5 atom stereocenters. The largest absolute Gasteiger partial charge is 0.472 e. The molecule has 0 heterocycles. The first-order chi connectivity index (χ1) is 46.2. The molecule has 4 N–H and O–H groups in total. The van der Waals surface area contributed by atoms with Crippen LogP contribution >= 0.6 is 15.6 Å². The predicted octanol–water partition coefficient (Wildman–Crippen LogP) is 21.0. The van der Waals surface area contributed by atoms with Crippen molar-refractivity contribution >= 4 is 33.6 Å². The minimum atomic E-state index is -4.93. The highest BCUT2D eigenvalue weighted by atomic mass is 31.2. The summed E-state index contributed by atoms with van der Waals surface area (Å²) < 4.78 is 61.0. The molecule has 546 valence electrons. The summed E-state index contributed by atoms with van der Waals surface area (Å²) in [5.41, 5.74) is 0. The molecular weight excluding hydrogens is 1240 g/mol. The number of phosphoric ester groups is 2. The van der Waals surface area contributed by atoms with E-state index in [9.17, 15) is 43.5 Å². The Bertz CT molecular complexity index is 2210. The Morgan fingerprint density at radius 1 is 0.305 bits per heavy atom. The SMILES string of the molecule is CC/C=C\C/C=C\C/C=C\C/C=C\C/C=C\CCCCCCCCCC(=O)OCC(O)COP(=O)(O)OCC(O)COP(=O)(O)OCC(COC(=O)CCCCCCC/C=C\C/C=C\C/C=C\C/C=C\C/C=C\CC)OC(=O)CCCCCCCCCCCCCCCCC. The van der Waals surface area contributed by atoms with Gasteiger partial charge in [0.25, 0.3) is 0 Å². The second kappa shape index (κ2) is 69.8. The van der Waals surface area contributed by atoms with Crippen molar-refractivity contribution in [1.82, 2.24) is 0 Å². The van der Waals surface area contributed by atoms with Crippen LogP contribution < -0.4 is 0 Å². The zero-order valence-electron chi connectivity index (χ0n) is 59.3. The van der Waals surface area contributed by atoms with E-state index in [4.69, 9.17) is 32.3 Å². The normalized spacial score (nSPS) is 14.8. The number of hydrogen-bond acceptors (Lipinski definition) is 14. The summed E-state index contributed by atoms with van der Waals surface area (Å²) in [4.78, 5) is 58.5. The molecule has 0 radical (unpaired) electrons. The molecule has 0 aliphatic carbocycles. The maximum atomic E-state index is 13.0. The van der Waals surface area contributed by atoms with Crippen LogP contribution in [0.15, 0.2) is 122 Å². The molecule has 18 heteroatoms. The molecule has 0 aliphatic rings. The number of phosphoric acid groups is 2. The molecular formula is C77H132O16P2. The van der Waals surface area contributed by atoms with E-state index in [1.54, 1.807) is 0 Å². The van der Waals surface area contributed by atoms with Crippen LogP contribution in [0.2, 0.25) is 0 Å². The van der Waals surface area contributed by atoms with E-state index in [0.29, 0.717) is 19.3 Å². The molecule has 0 aromatic rings. The third-order valence-corrected chi connectivity index (χ3v) is 17.1. The number of carbonyl (C=O) groups excluding carboxylic acids is 3. The van der Waals surface area contributed by atoms with Gasteiger partial charge in [-0.1, -0.05) is 284 Å². The van der Waals surface area contributed by atoms with Gasteiger partial charge >= 0.3 is 33.6 Å². The number of allylic oxidation sites excluding steroid dienone is 20. The van der Waals surface area contributed by atoms with Crippen molar-refractivity contribution in [2.45, 2.75) is 309 Å². The molecule has 0 saturated heterocycles. The lowest BCUT2D eigenvalue weighted by Crippen LogP contribution is -2.30. The highest BCUT2D eigenvalue weighted by molar-refractivity contribution is 7.47. The number of ether oxygens (including phenoxy) is 3. The van der Waals surface area contributed by atoms with Gasteiger partial charge in [0.2, 0.25) is 0 Å². The Hall–Kier alpha value is -4.05. The van der Waals surface area contributed by atoms with Crippen LogP contribution in [0, 0.1) is 0 Å². The number of unbranched alkanes of at least 4 members (excludes halogenated alkanes) is 26. The molecule has 0 bridgehead atoms. The van der Waals surface area contributed by atoms with Gasteiger partial charge < -0.3 is 34.2 Å². The number of hydrogen-bond donors (Lipinski definition) is 4. The summed E-state index contributed by atoms with van der Waals surface area (Å²) in [6, 6.07) is 0. The number of carbonyl (C=O) groups is 3. The van der Waals surface area contributed by atoms with Crippen molar-refractivity contribution in [3.8, 4) is 0 Å². The molecule has 5 unspecified atom stereocenters. The van der Waals surface area contributed by atoms with Gasteiger partial charge in [-0.2, -0.15) is 0 Å². The molecule has 95 heavy (non-hydrogen) atoms. The van der Waals surface area contributed by atoms with E-state index >= 15 is 0 Å². The topological polar surface area (TPSA) is 231 Å². The Labute approximate surface area is 576 Å². The van der Waals surface area contributed by atoms with Crippen molar-refractivity contribution in [3.05, 3.63) is 122 Å². The van der Waals surface area contributed by atoms with E-state index in [1.165, 1.54) is 64.2 Å². The van der Waals surface area contributed by atoms with Gasteiger partial charge in [0.05, 0.1) is 26.4 Å². The second-order valence-electron chi connectivity index (χ2n) is 24.3. The minimum absolute atomic E-state index is 0.101. The van der Waals surface area contributed by atoms with Crippen LogP contribution in [0.1, 0.15) is 290 Å². The van der Waals surface area contributed by atoms with Gasteiger partial charge in [0.1, 0.15) is 25.4 Å². The van der Waals surface area contributed by atoms with Crippen LogP contribution in [-0.2, 0) is 55.8 Å². The van der Waals surface area contributed by atoms with E-state index in [1.807, 2.05) is 0 Å². The molecule has 0 aromatic heterocycles. The van der Waals surface area contributed by atoms with Crippen LogP contribution in [0.25, 0.3) is 0 Å². The summed E-state index contributed by atoms with van der Waals surface area (Å²) in [6.45, 7) is 2.43.